The minimum Gasteiger partial charge on any atom is -0.507 e. The predicted molar refractivity (Wildman–Crippen MR) is 106 cm³/mol. The quantitative estimate of drug-likeness (QED) is 0.408. The number of pyridine rings is 1. The van der Waals surface area contributed by atoms with Crippen LogP contribution in [0, 0.1) is 3.01 Å². The maximum absolute atomic E-state index is 10.3. The van der Waals surface area contributed by atoms with Crippen LogP contribution in [0.5, 0.6) is 11.5 Å². The number of aromatic nitrogens is 2. The van der Waals surface area contributed by atoms with E-state index in [1.165, 1.54) is 25.6 Å². The molecule has 0 unspecified atom stereocenters. The van der Waals surface area contributed by atoms with E-state index in [0.717, 1.165) is 3.01 Å². The second-order valence-corrected chi connectivity index (χ2v) is 7.99. The van der Waals surface area contributed by atoms with Gasteiger partial charge in [0.25, 0.3) is 0 Å². The Morgan fingerprint density at radius 3 is 2.64 bits per heavy atom. The van der Waals surface area contributed by atoms with Crippen molar-refractivity contribution in [3.8, 4) is 22.9 Å². The van der Waals surface area contributed by atoms with Crippen molar-refractivity contribution in [1.29, 1.82) is 0 Å². The molecule has 1 aromatic carbocycles. The molecule has 0 aliphatic carbocycles. The lowest BCUT2D eigenvalue weighted by atomic mass is 10.1. The van der Waals surface area contributed by atoms with Gasteiger partial charge < -0.3 is 19.3 Å². The molecule has 0 aliphatic heterocycles. The minimum absolute atomic E-state index is 0.0862. The summed E-state index contributed by atoms with van der Waals surface area (Å²) in [6, 6.07) is 4.97. The molecule has 0 amide bonds. The van der Waals surface area contributed by atoms with Gasteiger partial charge in [-0.1, -0.05) is 11.6 Å². The summed E-state index contributed by atoms with van der Waals surface area (Å²) in [5.74, 6) is 0.522. The Labute approximate surface area is 166 Å². The van der Waals surface area contributed by atoms with E-state index in [0.29, 0.717) is 33.1 Å². The topological polar surface area (TPSA) is 73.7 Å². The third-order valence-electron chi connectivity index (χ3n) is 3.50. The number of rotatable bonds is 6. The van der Waals surface area contributed by atoms with Gasteiger partial charge in [0.2, 0.25) is 0 Å². The van der Waals surface area contributed by atoms with Crippen LogP contribution in [0.15, 0.2) is 23.6 Å². The summed E-state index contributed by atoms with van der Waals surface area (Å²) in [7, 11) is 3.06. The van der Waals surface area contributed by atoms with Crippen LogP contribution < -0.4 is 4.74 Å². The van der Waals surface area contributed by atoms with E-state index in [-0.39, 0.29) is 12.4 Å². The standard InChI is InChI=1S/C16H14ClIN2O4S/c1-22-13(23-2)6-24-12-4-3-8-11(21)5-9(19-15(8)14(12)17)10-7-25-16(18)20-10/h3-5,7,13H,6H2,1-2H3,(H,19,21). The zero-order valence-corrected chi connectivity index (χ0v) is 17.1. The Morgan fingerprint density at radius 1 is 1.24 bits per heavy atom. The first-order valence-electron chi connectivity index (χ1n) is 7.15. The van der Waals surface area contributed by atoms with Gasteiger partial charge in [0.05, 0.1) is 11.2 Å². The summed E-state index contributed by atoms with van der Waals surface area (Å²) in [5, 5.41) is 13.1. The molecule has 0 atom stereocenters. The Hall–Kier alpha value is -1.20. The third-order valence-corrected chi connectivity index (χ3v) is 5.50. The highest BCUT2D eigenvalue weighted by Crippen LogP contribution is 2.37. The number of hydrogen-bond donors (Lipinski definition) is 1. The first-order chi connectivity index (χ1) is 12.0. The van der Waals surface area contributed by atoms with Crippen LogP contribution in [-0.2, 0) is 9.47 Å². The summed E-state index contributed by atoms with van der Waals surface area (Å²) >= 11 is 10.1. The predicted octanol–water partition coefficient (Wildman–Crippen LogP) is 4.32. The molecule has 6 nitrogen and oxygen atoms in total. The molecule has 3 rings (SSSR count). The molecule has 1 N–H and O–H groups in total. The van der Waals surface area contributed by atoms with Crippen LogP contribution in [0.2, 0.25) is 5.02 Å². The molecule has 2 heterocycles. The average Bonchev–Trinajstić information content (AvgIpc) is 3.04. The van der Waals surface area contributed by atoms with E-state index in [1.54, 1.807) is 18.2 Å². The minimum atomic E-state index is -0.503. The van der Waals surface area contributed by atoms with Crippen molar-refractivity contribution in [2.24, 2.45) is 0 Å². The van der Waals surface area contributed by atoms with Gasteiger partial charge in [0, 0.05) is 31.1 Å². The first-order valence-corrected chi connectivity index (χ1v) is 9.49. The van der Waals surface area contributed by atoms with Crippen molar-refractivity contribution in [2.75, 3.05) is 20.8 Å². The van der Waals surface area contributed by atoms with Crippen molar-refractivity contribution in [3.63, 3.8) is 0 Å². The lowest BCUT2D eigenvalue weighted by Gasteiger charge is -2.16. The summed E-state index contributed by atoms with van der Waals surface area (Å²) in [6.07, 6.45) is -0.503. The number of benzene rings is 1. The molecule has 25 heavy (non-hydrogen) atoms. The van der Waals surface area contributed by atoms with E-state index >= 15 is 0 Å². The Morgan fingerprint density at radius 2 is 2.00 bits per heavy atom. The summed E-state index contributed by atoms with van der Waals surface area (Å²) in [5.41, 5.74) is 1.69. The zero-order chi connectivity index (χ0) is 18.0. The fourth-order valence-electron chi connectivity index (χ4n) is 2.22. The van der Waals surface area contributed by atoms with Gasteiger partial charge >= 0.3 is 0 Å². The fraction of sp³-hybridized carbons (Fsp3) is 0.250. The third kappa shape index (κ3) is 3.98. The molecule has 0 bridgehead atoms. The van der Waals surface area contributed by atoms with Crippen molar-refractivity contribution in [1.82, 2.24) is 9.97 Å². The molecule has 0 spiro atoms. The molecule has 0 saturated carbocycles. The fourth-order valence-corrected chi connectivity index (χ4v) is 3.66. The van der Waals surface area contributed by atoms with Crippen molar-refractivity contribution >= 4 is 56.4 Å². The Bertz CT molecular complexity index is 901. The van der Waals surface area contributed by atoms with E-state index in [1.807, 2.05) is 5.38 Å². The van der Waals surface area contributed by atoms with Crippen LogP contribution in [0.1, 0.15) is 0 Å². The van der Waals surface area contributed by atoms with Gasteiger partial charge in [-0.25, -0.2) is 9.97 Å². The largest absolute Gasteiger partial charge is 0.507 e. The number of hydrogen-bond acceptors (Lipinski definition) is 7. The van der Waals surface area contributed by atoms with Crippen LogP contribution in [-0.4, -0.2) is 42.2 Å². The maximum atomic E-state index is 10.3. The summed E-state index contributed by atoms with van der Waals surface area (Å²) in [4.78, 5) is 8.94. The van der Waals surface area contributed by atoms with E-state index < -0.39 is 6.29 Å². The van der Waals surface area contributed by atoms with Crippen molar-refractivity contribution < 1.29 is 19.3 Å². The van der Waals surface area contributed by atoms with Crippen LogP contribution in [0.4, 0.5) is 0 Å². The van der Waals surface area contributed by atoms with Gasteiger partial charge in [-0.15, -0.1) is 11.3 Å². The highest BCUT2D eigenvalue weighted by molar-refractivity contribution is 14.1. The Kier molecular flexibility index (Phi) is 5.95. The maximum Gasteiger partial charge on any atom is 0.191 e. The number of aromatic hydroxyl groups is 1. The summed E-state index contributed by atoms with van der Waals surface area (Å²) < 4.78 is 16.7. The Balaban J connectivity index is 2.01. The van der Waals surface area contributed by atoms with Gasteiger partial charge in [-0.2, -0.15) is 0 Å². The van der Waals surface area contributed by atoms with Crippen LogP contribution in [0.25, 0.3) is 22.3 Å². The number of methoxy groups -OCH3 is 2. The lowest BCUT2D eigenvalue weighted by molar-refractivity contribution is -0.121. The average molecular weight is 493 g/mol. The highest BCUT2D eigenvalue weighted by Gasteiger charge is 2.16. The SMILES string of the molecule is COC(COc1ccc2c(O)cc(-c3csc(I)n3)nc2c1Cl)OC. The number of ether oxygens (including phenoxy) is 3. The molecular weight excluding hydrogens is 479 g/mol. The second kappa shape index (κ2) is 8.00. The number of fused-ring (bicyclic) bond motifs is 1. The monoisotopic (exact) mass is 492 g/mol. The number of thiazole rings is 1. The van der Waals surface area contributed by atoms with Gasteiger partial charge in [-0.05, 0) is 34.7 Å². The van der Waals surface area contributed by atoms with Gasteiger partial charge in [0.15, 0.2) is 9.30 Å². The van der Waals surface area contributed by atoms with E-state index in [9.17, 15) is 5.11 Å². The first kappa shape index (κ1) is 18.6. The van der Waals surface area contributed by atoms with E-state index in [4.69, 9.17) is 25.8 Å². The van der Waals surface area contributed by atoms with Gasteiger partial charge in [0.1, 0.15) is 28.8 Å². The molecule has 132 valence electrons. The number of halogens is 2. The van der Waals surface area contributed by atoms with Crippen molar-refractivity contribution in [3.05, 3.63) is 31.6 Å². The van der Waals surface area contributed by atoms with E-state index in [2.05, 4.69) is 32.6 Å². The molecule has 0 saturated heterocycles. The molecule has 0 radical (unpaired) electrons. The van der Waals surface area contributed by atoms with Crippen LogP contribution >= 0.6 is 45.5 Å². The number of nitrogens with zero attached hydrogens (tertiary/aromatic N) is 2. The molecule has 3 aromatic rings. The molecule has 2 aromatic heterocycles. The smallest absolute Gasteiger partial charge is 0.191 e. The molecule has 9 heteroatoms. The van der Waals surface area contributed by atoms with Crippen molar-refractivity contribution in [2.45, 2.75) is 6.29 Å². The second-order valence-electron chi connectivity index (χ2n) is 5.00. The molecule has 0 fully saturated rings. The highest BCUT2D eigenvalue weighted by atomic mass is 127. The summed E-state index contributed by atoms with van der Waals surface area (Å²) in [6.45, 7) is 0.175. The van der Waals surface area contributed by atoms with Crippen LogP contribution in [0.3, 0.4) is 0 Å². The lowest BCUT2D eigenvalue weighted by Crippen LogP contribution is -2.22. The van der Waals surface area contributed by atoms with Gasteiger partial charge in [-0.3, -0.25) is 0 Å². The molecular formula is C16H14ClIN2O4S. The normalized spacial score (nSPS) is 11.4. The zero-order valence-electron chi connectivity index (χ0n) is 13.3. The molecule has 0 aliphatic rings.